The number of ether oxygens (including phenoxy) is 1. The minimum absolute atomic E-state index is 0.00611. The lowest BCUT2D eigenvalue weighted by atomic mass is 9.97. The molecule has 0 N–H and O–H groups in total. The van der Waals surface area contributed by atoms with E-state index in [1.807, 2.05) is 34.6 Å². The molecule has 1 atom stereocenters. The van der Waals surface area contributed by atoms with Gasteiger partial charge in [0.05, 0.1) is 5.92 Å². The van der Waals surface area contributed by atoms with Crippen molar-refractivity contribution < 1.29 is 24.1 Å². The predicted molar refractivity (Wildman–Crippen MR) is 72.8 cm³/mol. The second-order valence-corrected chi connectivity index (χ2v) is 6.36. The molecule has 1 aliphatic heterocycles. The Morgan fingerprint density at radius 2 is 1.80 bits per heavy atom. The van der Waals surface area contributed by atoms with E-state index in [1.165, 1.54) is 4.90 Å². The first kappa shape index (κ1) is 16.8. The topological polar surface area (TPSA) is 65.1 Å². The molecule has 1 heterocycles. The summed E-state index contributed by atoms with van der Waals surface area (Å²) in [7, 11) is 0. The van der Waals surface area contributed by atoms with E-state index >= 15 is 0 Å². The van der Waals surface area contributed by atoms with E-state index in [0.29, 0.717) is 13.1 Å². The van der Waals surface area contributed by atoms with E-state index in [0.717, 1.165) is 6.42 Å². The van der Waals surface area contributed by atoms with Crippen molar-refractivity contribution in [3.63, 3.8) is 0 Å². The van der Waals surface area contributed by atoms with Crippen LogP contribution in [0.4, 0.5) is 4.79 Å². The van der Waals surface area contributed by atoms with Crippen LogP contribution in [-0.2, 0) is 19.3 Å². The van der Waals surface area contributed by atoms with Gasteiger partial charge in [-0.25, -0.2) is 4.79 Å². The second kappa shape index (κ2) is 6.92. The highest BCUT2D eigenvalue weighted by molar-refractivity contribution is 5.73. The highest BCUT2D eigenvalue weighted by Crippen LogP contribution is 2.18. The quantitative estimate of drug-likeness (QED) is 0.441. The van der Waals surface area contributed by atoms with Crippen molar-refractivity contribution in [1.29, 1.82) is 0 Å². The minimum Gasteiger partial charge on any atom is -0.460 e. The van der Waals surface area contributed by atoms with E-state index < -0.39 is 17.6 Å². The lowest BCUT2D eigenvalue weighted by molar-refractivity contribution is -0.259. The normalized spacial score (nSPS) is 16.6. The minimum atomic E-state index is -0.543. The standard InChI is InChI=1S/C14H25NO5/c1-10(2)11(12(16)19-14(3,4)5)9-18-20-13(17)15-7-6-8-15/h10-11H,6-9H2,1-5H3. The van der Waals surface area contributed by atoms with E-state index in [9.17, 15) is 9.59 Å². The van der Waals surface area contributed by atoms with E-state index in [2.05, 4.69) is 4.89 Å². The van der Waals surface area contributed by atoms with Crippen LogP contribution in [0.15, 0.2) is 0 Å². The maximum atomic E-state index is 12.0. The van der Waals surface area contributed by atoms with E-state index in [4.69, 9.17) is 9.62 Å². The van der Waals surface area contributed by atoms with Crippen LogP contribution in [0.1, 0.15) is 41.0 Å². The van der Waals surface area contributed by atoms with Crippen LogP contribution in [0, 0.1) is 11.8 Å². The zero-order valence-electron chi connectivity index (χ0n) is 13.0. The molecule has 0 bridgehead atoms. The fraction of sp³-hybridized carbons (Fsp3) is 0.857. The molecule has 1 rings (SSSR count). The molecular weight excluding hydrogens is 262 g/mol. The molecule has 1 amide bonds. The number of carbonyl (C=O) groups excluding carboxylic acids is 2. The highest BCUT2D eigenvalue weighted by atomic mass is 17.2. The first-order valence-electron chi connectivity index (χ1n) is 7.02. The van der Waals surface area contributed by atoms with Gasteiger partial charge in [-0.3, -0.25) is 9.68 Å². The van der Waals surface area contributed by atoms with E-state index in [1.54, 1.807) is 0 Å². The Morgan fingerprint density at radius 1 is 1.20 bits per heavy atom. The number of hydrogen-bond donors (Lipinski definition) is 0. The molecule has 6 heteroatoms. The first-order valence-corrected chi connectivity index (χ1v) is 7.02. The molecule has 0 radical (unpaired) electrons. The summed E-state index contributed by atoms with van der Waals surface area (Å²) in [6.07, 6.45) is 0.490. The maximum absolute atomic E-state index is 12.0. The van der Waals surface area contributed by atoms with Crippen molar-refractivity contribution in [2.75, 3.05) is 19.7 Å². The molecule has 1 fully saturated rings. The van der Waals surface area contributed by atoms with Gasteiger partial charge < -0.3 is 9.64 Å². The van der Waals surface area contributed by atoms with Gasteiger partial charge in [0.15, 0.2) is 0 Å². The molecule has 0 aromatic heterocycles. The van der Waals surface area contributed by atoms with Gasteiger partial charge in [-0.05, 0) is 33.1 Å². The molecule has 1 aliphatic rings. The van der Waals surface area contributed by atoms with Gasteiger partial charge in [-0.1, -0.05) is 13.8 Å². The first-order chi connectivity index (χ1) is 9.20. The van der Waals surface area contributed by atoms with Crippen molar-refractivity contribution in [2.24, 2.45) is 11.8 Å². The zero-order chi connectivity index (χ0) is 15.3. The molecule has 0 spiro atoms. The predicted octanol–water partition coefficient (Wildman–Crippen LogP) is 2.37. The van der Waals surface area contributed by atoms with Crippen LogP contribution in [0.2, 0.25) is 0 Å². The molecule has 0 aromatic carbocycles. The third-order valence-electron chi connectivity index (χ3n) is 3.01. The largest absolute Gasteiger partial charge is 0.460 e. The van der Waals surface area contributed by atoms with Gasteiger partial charge in [-0.15, -0.1) is 0 Å². The zero-order valence-corrected chi connectivity index (χ0v) is 13.0. The highest BCUT2D eigenvalue weighted by Gasteiger charge is 2.29. The van der Waals surface area contributed by atoms with Gasteiger partial charge in [-0.2, -0.15) is 4.89 Å². The van der Waals surface area contributed by atoms with Crippen LogP contribution in [0.25, 0.3) is 0 Å². The summed E-state index contributed by atoms with van der Waals surface area (Å²) in [4.78, 5) is 34.6. The van der Waals surface area contributed by atoms with Crippen LogP contribution in [0.3, 0.4) is 0 Å². The Labute approximate surface area is 120 Å². The van der Waals surface area contributed by atoms with Gasteiger partial charge in [0.2, 0.25) is 0 Å². The smallest absolute Gasteiger partial charge is 0.441 e. The summed E-state index contributed by atoms with van der Waals surface area (Å²) in [6, 6.07) is 0. The summed E-state index contributed by atoms with van der Waals surface area (Å²) in [5.74, 6) is -0.765. The molecule has 0 aliphatic carbocycles. The fourth-order valence-electron chi connectivity index (χ4n) is 1.62. The van der Waals surface area contributed by atoms with Gasteiger partial charge >= 0.3 is 12.1 Å². The molecule has 116 valence electrons. The van der Waals surface area contributed by atoms with Gasteiger partial charge in [0.1, 0.15) is 12.2 Å². The Morgan fingerprint density at radius 3 is 2.20 bits per heavy atom. The monoisotopic (exact) mass is 287 g/mol. The second-order valence-electron chi connectivity index (χ2n) is 6.36. The maximum Gasteiger partial charge on any atom is 0.441 e. The summed E-state index contributed by atoms with van der Waals surface area (Å²) in [5, 5.41) is 0. The number of nitrogens with zero attached hydrogens (tertiary/aromatic N) is 1. The Bertz CT molecular complexity index is 344. The fourth-order valence-corrected chi connectivity index (χ4v) is 1.62. The summed E-state index contributed by atoms with van der Waals surface area (Å²) in [6.45, 7) is 10.6. The third-order valence-corrected chi connectivity index (χ3v) is 3.01. The molecule has 6 nitrogen and oxygen atoms in total. The van der Waals surface area contributed by atoms with Gasteiger partial charge in [0, 0.05) is 13.1 Å². The van der Waals surface area contributed by atoms with Gasteiger partial charge in [0.25, 0.3) is 0 Å². The summed E-state index contributed by atoms with van der Waals surface area (Å²) < 4.78 is 5.33. The van der Waals surface area contributed by atoms with Crippen LogP contribution >= 0.6 is 0 Å². The molecule has 0 aromatic rings. The number of carbonyl (C=O) groups is 2. The van der Waals surface area contributed by atoms with Crippen molar-refractivity contribution in [3.8, 4) is 0 Å². The molecule has 1 unspecified atom stereocenters. The lowest BCUT2D eigenvalue weighted by Crippen LogP contribution is -2.42. The number of rotatable bonds is 5. The third kappa shape index (κ3) is 5.36. The van der Waals surface area contributed by atoms with E-state index in [-0.39, 0.29) is 18.5 Å². The average Bonchev–Trinajstić information content (AvgIpc) is 2.18. The number of likely N-dealkylation sites (tertiary alicyclic amines) is 1. The molecule has 1 saturated heterocycles. The number of esters is 1. The van der Waals surface area contributed by atoms with Crippen molar-refractivity contribution in [1.82, 2.24) is 4.90 Å². The number of amides is 1. The van der Waals surface area contributed by atoms with Crippen LogP contribution in [0.5, 0.6) is 0 Å². The lowest BCUT2D eigenvalue weighted by Gasteiger charge is -2.29. The summed E-state index contributed by atoms with van der Waals surface area (Å²) >= 11 is 0. The Balaban J connectivity index is 2.38. The van der Waals surface area contributed by atoms with Crippen LogP contribution in [-0.4, -0.2) is 42.3 Å². The average molecular weight is 287 g/mol. The van der Waals surface area contributed by atoms with Crippen LogP contribution < -0.4 is 0 Å². The van der Waals surface area contributed by atoms with Crippen molar-refractivity contribution in [3.05, 3.63) is 0 Å². The molecule has 20 heavy (non-hydrogen) atoms. The Hall–Kier alpha value is -1.30. The summed E-state index contributed by atoms with van der Waals surface area (Å²) in [5.41, 5.74) is -0.543. The van der Waals surface area contributed by atoms with Crippen molar-refractivity contribution in [2.45, 2.75) is 46.6 Å². The number of hydrogen-bond acceptors (Lipinski definition) is 5. The SMILES string of the molecule is CC(C)C(COOC(=O)N1CCC1)C(=O)OC(C)(C)C. The molecular formula is C14H25NO5. The van der Waals surface area contributed by atoms with Crippen molar-refractivity contribution >= 4 is 12.1 Å². The Kier molecular flexibility index (Phi) is 5.80. The molecule has 0 saturated carbocycles.